The molecule has 0 radical (unpaired) electrons. The number of amides is 2. The number of fused-ring (bicyclic) bond motifs is 1. The summed E-state index contributed by atoms with van der Waals surface area (Å²) >= 11 is 0. The number of aliphatic carboxylic acids is 2. The van der Waals surface area contributed by atoms with Gasteiger partial charge in [-0.25, -0.2) is 4.79 Å². The highest BCUT2D eigenvalue weighted by Crippen LogP contribution is 2.34. The topological polar surface area (TPSA) is 162 Å². The van der Waals surface area contributed by atoms with Crippen molar-refractivity contribution in [3.05, 3.63) is 96.1 Å². The average Bonchev–Trinajstić information content (AvgIpc) is 2.98. The Labute approximate surface area is 248 Å². The van der Waals surface area contributed by atoms with Crippen LogP contribution in [-0.4, -0.2) is 61.8 Å². The van der Waals surface area contributed by atoms with Crippen LogP contribution in [0.15, 0.2) is 84.9 Å². The lowest BCUT2D eigenvalue weighted by atomic mass is 9.82. The Bertz CT molecular complexity index is 1470. The number of ketones is 1. The van der Waals surface area contributed by atoms with Gasteiger partial charge < -0.3 is 25.6 Å². The van der Waals surface area contributed by atoms with Gasteiger partial charge in [0.1, 0.15) is 5.75 Å². The van der Waals surface area contributed by atoms with Crippen LogP contribution in [0, 0.1) is 0 Å². The number of benzene rings is 3. The number of hydrogen-bond acceptors (Lipinski definition) is 7. The normalized spacial score (nSPS) is 17.9. The zero-order valence-corrected chi connectivity index (χ0v) is 23.8. The summed E-state index contributed by atoms with van der Waals surface area (Å²) in [6.07, 6.45) is -1.20. The van der Waals surface area contributed by atoms with Crippen LogP contribution in [-0.2, 0) is 37.1 Å². The number of carboxylic acid groups (broad SMARTS) is 2. The third-order valence-corrected chi connectivity index (χ3v) is 7.49. The molecule has 0 bridgehead atoms. The maximum Gasteiger partial charge on any atom is 0.332 e. The minimum atomic E-state index is -2.36. The molecule has 2 amide bonds. The van der Waals surface area contributed by atoms with Crippen molar-refractivity contribution in [2.24, 2.45) is 0 Å². The molecule has 4 N–H and O–H groups in total. The maximum absolute atomic E-state index is 14.3. The van der Waals surface area contributed by atoms with Crippen LogP contribution in [0.25, 0.3) is 0 Å². The summed E-state index contributed by atoms with van der Waals surface area (Å²) in [4.78, 5) is 67.0. The minimum absolute atomic E-state index is 0.00588. The lowest BCUT2D eigenvalue weighted by Crippen LogP contribution is -2.66. The van der Waals surface area contributed by atoms with E-state index in [-0.39, 0.29) is 18.8 Å². The summed E-state index contributed by atoms with van der Waals surface area (Å²) in [7, 11) is 0. The quantitative estimate of drug-likeness (QED) is 0.220. The van der Waals surface area contributed by atoms with Crippen LogP contribution in [0.2, 0.25) is 0 Å². The molecule has 3 aromatic rings. The standard InChI is InChI=1S/C32H33N3O8/c1-21(33-28(39)31(2)29(40)34-24-15-9-10-16-25(24)43-31)27(38)32(30(41)42,18-17-26(36)37)35(19-22-11-5-3-6-12-22)20-23-13-7-4-8-14-23/h3-16,21H,17-20H2,1-2H3,(H,33,39)(H,34,40)(H,36,37)(H,41,42)/t21-,31?,32-/m0/s1. The molecule has 3 atom stereocenters. The summed E-state index contributed by atoms with van der Waals surface area (Å²) in [6, 6.07) is 22.9. The second-order valence-electron chi connectivity index (χ2n) is 10.5. The van der Waals surface area contributed by atoms with Crippen LogP contribution < -0.4 is 15.4 Å². The van der Waals surface area contributed by atoms with E-state index in [1.54, 1.807) is 84.9 Å². The fourth-order valence-corrected chi connectivity index (χ4v) is 5.08. The molecule has 0 saturated carbocycles. The Kier molecular flexibility index (Phi) is 9.25. The fourth-order valence-electron chi connectivity index (χ4n) is 5.08. The van der Waals surface area contributed by atoms with Gasteiger partial charge in [0.2, 0.25) is 0 Å². The van der Waals surface area contributed by atoms with E-state index in [1.165, 1.54) is 18.7 Å². The summed E-state index contributed by atoms with van der Waals surface area (Å²) in [5.74, 6) is -5.27. The molecule has 1 unspecified atom stereocenters. The molecule has 1 aliphatic rings. The first-order chi connectivity index (χ1) is 20.5. The largest absolute Gasteiger partial charge is 0.481 e. The number of anilines is 1. The van der Waals surface area contributed by atoms with Crippen molar-refractivity contribution in [3.63, 3.8) is 0 Å². The Balaban J connectivity index is 1.70. The van der Waals surface area contributed by atoms with Gasteiger partial charge >= 0.3 is 11.9 Å². The summed E-state index contributed by atoms with van der Waals surface area (Å²) in [5.41, 5.74) is -2.66. The Hall–Kier alpha value is -5.03. The van der Waals surface area contributed by atoms with Crippen LogP contribution in [0.4, 0.5) is 5.69 Å². The molecule has 0 saturated heterocycles. The fraction of sp³-hybridized carbons (Fsp3) is 0.281. The van der Waals surface area contributed by atoms with Crippen LogP contribution in [0.1, 0.15) is 37.8 Å². The third-order valence-electron chi connectivity index (χ3n) is 7.49. The van der Waals surface area contributed by atoms with Gasteiger partial charge in [-0.3, -0.25) is 24.1 Å². The van der Waals surface area contributed by atoms with Gasteiger partial charge in [0.15, 0.2) is 11.3 Å². The number of carboxylic acids is 2. The first kappa shape index (κ1) is 30.9. The predicted molar refractivity (Wildman–Crippen MR) is 156 cm³/mol. The van der Waals surface area contributed by atoms with Gasteiger partial charge in [-0.15, -0.1) is 0 Å². The van der Waals surface area contributed by atoms with Crippen molar-refractivity contribution in [3.8, 4) is 5.75 Å². The molecule has 1 heterocycles. The van der Waals surface area contributed by atoms with Crippen molar-refractivity contribution in [1.82, 2.24) is 10.2 Å². The SMILES string of the molecule is C[C@H](NC(=O)C1(C)Oc2ccccc2NC1=O)C(=O)[C@@](CCC(=O)O)(C(=O)O)N(Cc1ccccc1)Cc1ccccc1. The first-order valence-corrected chi connectivity index (χ1v) is 13.7. The van der Waals surface area contributed by atoms with Crippen LogP contribution in [0.5, 0.6) is 5.75 Å². The van der Waals surface area contributed by atoms with Gasteiger partial charge in [0, 0.05) is 19.5 Å². The van der Waals surface area contributed by atoms with Crippen LogP contribution in [0.3, 0.4) is 0 Å². The second-order valence-corrected chi connectivity index (χ2v) is 10.5. The molecule has 1 aliphatic heterocycles. The van der Waals surface area contributed by atoms with E-state index >= 15 is 0 Å². The van der Waals surface area contributed by atoms with Gasteiger partial charge in [0.25, 0.3) is 17.4 Å². The van der Waals surface area contributed by atoms with Crippen molar-refractivity contribution < 1.29 is 38.9 Å². The Morgan fingerprint density at radius 3 is 1.98 bits per heavy atom. The van der Waals surface area contributed by atoms with Gasteiger partial charge in [0.05, 0.1) is 11.7 Å². The minimum Gasteiger partial charge on any atom is -0.481 e. The highest BCUT2D eigenvalue weighted by Gasteiger charge is 2.54. The van der Waals surface area contributed by atoms with Crippen LogP contribution >= 0.6 is 0 Å². The van der Waals surface area contributed by atoms with E-state index in [0.717, 1.165) is 0 Å². The molecule has 3 aromatic carbocycles. The molecule has 0 fully saturated rings. The molecule has 224 valence electrons. The van der Waals surface area contributed by atoms with E-state index in [2.05, 4.69) is 10.6 Å². The molecule has 0 aromatic heterocycles. The number of nitrogens with zero attached hydrogens (tertiary/aromatic N) is 1. The molecule has 11 nitrogen and oxygen atoms in total. The van der Waals surface area contributed by atoms with Crippen molar-refractivity contribution >= 4 is 35.2 Å². The summed E-state index contributed by atoms with van der Waals surface area (Å²) in [6.45, 7) is 2.54. The van der Waals surface area contributed by atoms with Crippen molar-refractivity contribution in [2.75, 3.05) is 5.32 Å². The van der Waals surface area contributed by atoms with E-state index in [0.29, 0.717) is 16.8 Å². The second kappa shape index (κ2) is 12.9. The molecule has 43 heavy (non-hydrogen) atoms. The predicted octanol–water partition coefficient (Wildman–Crippen LogP) is 3.24. The van der Waals surface area contributed by atoms with Gasteiger partial charge in [-0.2, -0.15) is 0 Å². The number of carbonyl (C=O) groups excluding carboxylic acids is 3. The zero-order chi connectivity index (χ0) is 31.2. The van der Waals surface area contributed by atoms with Crippen molar-refractivity contribution in [1.29, 1.82) is 0 Å². The highest BCUT2D eigenvalue weighted by molar-refractivity contribution is 6.17. The number of para-hydroxylation sites is 2. The molecule has 11 heteroatoms. The van der Waals surface area contributed by atoms with Crippen molar-refractivity contribution in [2.45, 2.75) is 57.0 Å². The molecule has 0 aliphatic carbocycles. The molecular formula is C32H33N3O8. The van der Waals surface area contributed by atoms with E-state index in [9.17, 15) is 34.2 Å². The zero-order valence-electron chi connectivity index (χ0n) is 23.8. The van der Waals surface area contributed by atoms with Gasteiger partial charge in [-0.1, -0.05) is 72.8 Å². The first-order valence-electron chi connectivity index (χ1n) is 13.7. The molecule has 0 spiro atoms. The Morgan fingerprint density at radius 2 is 1.44 bits per heavy atom. The van der Waals surface area contributed by atoms with E-state index < -0.39 is 59.6 Å². The lowest BCUT2D eigenvalue weighted by molar-refractivity contribution is -0.163. The van der Waals surface area contributed by atoms with E-state index in [4.69, 9.17) is 4.74 Å². The molecule has 4 rings (SSSR count). The lowest BCUT2D eigenvalue weighted by Gasteiger charge is -2.41. The number of rotatable bonds is 13. The monoisotopic (exact) mass is 587 g/mol. The number of carbonyl (C=O) groups is 5. The molecular weight excluding hydrogens is 554 g/mol. The number of hydrogen-bond donors (Lipinski definition) is 4. The smallest absolute Gasteiger partial charge is 0.332 e. The summed E-state index contributed by atoms with van der Waals surface area (Å²) in [5, 5.41) is 25.3. The Morgan fingerprint density at radius 1 is 0.907 bits per heavy atom. The third kappa shape index (κ3) is 6.57. The average molecular weight is 588 g/mol. The van der Waals surface area contributed by atoms with E-state index in [1.807, 2.05) is 0 Å². The number of ether oxygens (including phenoxy) is 1. The van der Waals surface area contributed by atoms with Gasteiger partial charge in [-0.05, 0) is 43.5 Å². The number of Topliss-reactive ketones (excluding diaryl/α,β-unsaturated/α-hetero) is 1. The summed E-state index contributed by atoms with van der Waals surface area (Å²) < 4.78 is 5.75. The highest BCUT2D eigenvalue weighted by atomic mass is 16.5. The maximum atomic E-state index is 14.3. The number of nitrogens with one attached hydrogen (secondary N) is 2.